The normalized spacial score (nSPS) is 13.4. The average molecular weight is 805 g/mol. The van der Waals surface area contributed by atoms with E-state index in [1.165, 1.54) is 103 Å². The molecule has 0 aromatic carbocycles. The van der Waals surface area contributed by atoms with Crippen molar-refractivity contribution in [1.82, 2.24) is 0 Å². The van der Waals surface area contributed by atoms with Crippen molar-refractivity contribution in [3.63, 3.8) is 0 Å². The topological polar surface area (TPSA) is 108 Å². The summed E-state index contributed by atoms with van der Waals surface area (Å²) in [5.41, 5.74) is 0. The third kappa shape index (κ3) is 41.2. The molecular formula is C48H86NO8+. The monoisotopic (exact) mass is 805 g/mol. The van der Waals surface area contributed by atoms with E-state index in [2.05, 4.69) is 50.3 Å². The maximum atomic E-state index is 12.7. The molecule has 0 aliphatic carbocycles. The van der Waals surface area contributed by atoms with E-state index in [1.54, 1.807) is 0 Å². The molecule has 2 atom stereocenters. The Bertz CT molecular complexity index is 1080. The van der Waals surface area contributed by atoms with E-state index in [0.29, 0.717) is 17.4 Å². The van der Waals surface area contributed by atoms with Crippen molar-refractivity contribution in [2.45, 2.75) is 193 Å². The van der Waals surface area contributed by atoms with Gasteiger partial charge in [-0.25, -0.2) is 4.79 Å². The van der Waals surface area contributed by atoms with Crippen LogP contribution in [0.15, 0.2) is 48.6 Å². The van der Waals surface area contributed by atoms with Crippen LogP contribution in [0.25, 0.3) is 0 Å². The van der Waals surface area contributed by atoms with E-state index < -0.39 is 24.3 Å². The van der Waals surface area contributed by atoms with Crippen molar-refractivity contribution < 1.29 is 42.9 Å². The van der Waals surface area contributed by atoms with E-state index in [0.717, 1.165) is 44.9 Å². The average Bonchev–Trinajstić information content (AvgIpc) is 3.17. The molecule has 57 heavy (non-hydrogen) atoms. The Hall–Kier alpha value is -2.75. The summed E-state index contributed by atoms with van der Waals surface area (Å²) in [6.45, 7) is 4.67. The first kappa shape index (κ1) is 54.2. The predicted octanol–water partition coefficient (Wildman–Crippen LogP) is 12.0. The van der Waals surface area contributed by atoms with Crippen molar-refractivity contribution in [3.05, 3.63) is 48.6 Å². The quantitative estimate of drug-likeness (QED) is 0.0214. The molecule has 0 radical (unpaired) electrons. The van der Waals surface area contributed by atoms with Gasteiger partial charge in [0, 0.05) is 12.8 Å². The fourth-order valence-electron chi connectivity index (χ4n) is 6.08. The maximum Gasteiger partial charge on any atom is 0.361 e. The Morgan fingerprint density at radius 2 is 1.00 bits per heavy atom. The number of carboxylic acid groups (broad SMARTS) is 1. The molecule has 0 spiro atoms. The van der Waals surface area contributed by atoms with Crippen LogP contribution in [0.5, 0.6) is 0 Å². The minimum Gasteiger partial charge on any atom is -0.477 e. The Morgan fingerprint density at radius 3 is 1.46 bits per heavy atom. The van der Waals surface area contributed by atoms with Gasteiger partial charge in [0.1, 0.15) is 13.2 Å². The molecule has 330 valence electrons. The number of likely N-dealkylation sites (N-methyl/N-ethyl adjacent to an activating group) is 1. The Balaban J connectivity index is 4.43. The molecule has 0 rings (SSSR count). The van der Waals surface area contributed by atoms with Gasteiger partial charge in [0.25, 0.3) is 6.29 Å². The van der Waals surface area contributed by atoms with Crippen LogP contribution < -0.4 is 0 Å². The van der Waals surface area contributed by atoms with Crippen LogP contribution in [0.4, 0.5) is 0 Å². The van der Waals surface area contributed by atoms with Gasteiger partial charge < -0.3 is 28.5 Å². The number of ether oxygens (including phenoxy) is 4. The van der Waals surface area contributed by atoms with Crippen LogP contribution in [-0.4, -0.2) is 87.4 Å². The smallest absolute Gasteiger partial charge is 0.361 e. The van der Waals surface area contributed by atoms with Crippen LogP contribution in [0.3, 0.4) is 0 Å². The minimum absolute atomic E-state index is 0.139. The van der Waals surface area contributed by atoms with Crippen LogP contribution in [0.1, 0.15) is 181 Å². The number of carboxylic acids is 1. The summed E-state index contributed by atoms with van der Waals surface area (Å²) in [7, 11) is 5.93. The molecule has 2 unspecified atom stereocenters. The predicted molar refractivity (Wildman–Crippen MR) is 235 cm³/mol. The lowest BCUT2D eigenvalue weighted by Crippen LogP contribution is -2.40. The van der Waals surface area contributed by atoms with Gasteiger partial charge in [0.05, 0.1) is 34.4 Å². The zero-order chi connectivity index (χ0) is 42.1. The molecular weight excluding hydrogens is 719 g/mol. The molecule has 0 saturated carbocycles. The van der Waals surface area contributed by atoms with Crippen molar-refractivity contribution in [1.29, 1.82) is 0 Å². The Morgan fingerprint density at radius 1 is 0.544 bits per heavy atom. The summed E-state index contributed by atoms with van der Waals surface area (Å²) < 4.78 is 22.6. The molecule has 1 N–H and O–H groups in total. The van der Waals surface area contributed by atoms with Gasteiger partial charge in [-0.05, 0) is 38.5 Å². The van der Waals surface area contributed by atoms with E-state index >= 15 is 0 Å². The zero-order valence-electron chi connectivity index (χ0n) is 37.2. The minimum atomic E-state index is -1.53. The van der Waals surface area contributed by atoms with Gasteiger partial charge in [0.15, 0.2) is 6.10 Å². The highest BCUT2D eigenvalue weighted by Crippen LogP contribution is 2.15. The van der Waals surface area contributed by atoms with Crippen LogP contribution in [0.2, 0.25) is 0 Å². The van der Waals surface area contributed by atoms with Crippen molar-refractivity contribution in [2.24, 2.45) is 0 Å². The van der Waals surface area contributed by atoms with Gasteiger partial charge in [0.2, 0.25) is 0 Å². The molecule has 0 aliphatic rings. The van der Waals surface area contributed by atoms with E-state index in [4.69, 9.17) is 18.9 Å². The second-order valence-corrected chi connectivity index (χ2v) is 16.3. The fraction of sp³-hybridized carbons (Fsp3) is 0.771. The summed E-state index contributed by atoms with van der Waals surface area (Å²) >= 11 is 0. The highest BCUT2D eigenvalue weighted by Gasteiger charge is 2.25. The Kier molecular flexibility index (Phi) is 38.1. The number of hydrogen-bond acceptors (Lipinski definition) is 7. The number of aliphatic carboxylic acids is 1. The molecule has 0 amide bonds. The number of hydrogen-bond donors (Lipinski definition) is 1. The number of unbranched alkanes of at least 4 members (excludes halogenated alkanes) is 18. The van der Waals surface area contributed by atoms with Crippen LogP contribution >= 0.6 is 0 Å². The molecule has 9 heteroatoms. The van der Waals surface area contributed by atoms with Crippen molar-refractivity contribution in [2.75, 3.05) is 47.5 Å². The van der Waals surface area contributed by atoms with Crippen molar-refractivity contribution in [3.8, 4) is 0 Å². The number of esters is 2. The van der Waals surface area contributed by atoms with Crippen LogP contribution in [-0.2, 0) is 33.3 Å². The molecule has 0 aromatic heterocycles. The Labute approximate surface area is 349 Å². The van der Waals surface area contributed by atoms with Gasteiger partial charge in [-0.2, -0.15) is 0 Å². The zero-order valence-corrected chi connectivity index (χ0v) is 37.2. The summed E-state index contributed by atoms with van der Waals surface area (Å²) in [6.07, 6.45) is 43.4. The number of carbonyl (C=O) groups is 3. The number of carbonyl (C=O) groups excluding carboxylic acids is 2. The van der Waals surface area contributed by atoms with Crippen molar-refractivity contribution >= 4 is 17.9 Å². The summed E-state index contributed by atoms with van der Waals surface area (Å²) in [6, 6.07) is 0. The number of nitrogens with zero attached hydrogens (tertiary/aromatic N) is 1. The SMILES string of the molecule is CC/C=C\C/C=C\C/C=C\C/C=C\CCC(=O)OC(COC(=O)CCCCCCCCCCCCCCCCCCCCC)COC(OCC[N+](C)(C)C)C(=O)O. The van der Waals surface area contributed by atoms with Gasteiger partial charge >= 0.3 is 17.9 Å². The van der Waals surface area contributed by atoms with E-state index in [-0.39, 0.29) is 38.6 Å². The van der Waals surface area contributed by atoms with Crippen LogP contribution in [0, 0.1) is 0 Å². The number of quaternary nitrogens is 1. The molecule has 0 saturated heterocycles. The molecule has 0 heterocycles. The largest absolute Gasteiger partial charge is 0.477 e. The highest BCUT2D eigenvalue weighted by molar-refractivity contribution is 5.71. The number of allylic oxidation sites excluding steroid dienone is 8. The molecule has 9 nitrogen and oxygen atoms in total. The summed E-state index contributed by atoms with van der Waals surface area (Å²) in [5.74, 6) is -2.11. The van der Waals surface area contributed by atoms with Gasteiger partial charge in [-0.15, -0.1) is 0 Å². The summed E-state index contributed by atoms with van der Waals surface area (Å²) in [5, 5.41) is 9.62. The van der Waals surface area contributed by atoms with Gasteiger partial charge in [-0.1, -0.05) is 178 Å². The lowest BCUT2D eigenvalue weighted by Gasteiger charge is -2.25. The van der Waals surface area contributed by atoms with E-state index in [9.17, 15) is 19.5 Å². The second kappa shape index (κ2) is 40.0. The first-order chi connectivity index (χ1) is 27.6. The molecule has 0 bridgehead atoms. The standard InChI is InChI=1S/C48H85NO8/c1-6-8-10-12-14-16-18-20-21-22-23-24-25-27-28-30-32-34-36-38-45(50)55-42-44(43-56-48(47(52)53)54-41-40-49(3,4)5)57-46(51)39-37-35-33-31-29-26-19-17-15-13-11-9-7-2/h9,11,15,17,26,29,33,35,44,48H,6-8,10,12-14,16,18-25,27-28,30-32,34,36-43H2,1-5H3/p+1/b11-9-,17-15-,29-26-,35-33-. The highest BCUT2D eigenvalue weighted by atomic mass is 16.7. The molecule has 0 fully saturated rings. The second-order valence-electron chi connectivity index (χ2n) is 16.3. The lowest BCUT2D eigenvalue weighted by atomic mass is 10.0. The molecule has 0 aromatic rings. The van der Waals surface area contributed by atoms with Gasteiger partial charge in [-0.3, -0.25) is 9.59 Å². The number of rotatable bonds is 41. The third-order valence-electron chi connectivity index (χ3n) is 9.61. The molecule has 0 aliphatic heterocycles. The summed E-state index contributed by atoms with van der Waals surface area (Å²) in [4.78, 5) is 37.0. The van der Waals surface area contributed by atoms with E-state index in [1.807, 2.05) is 33.3 Å². The third-order valence-corrected chi connectivity index (χ3v) is 9.61. The maximum absolute atomic E-state index is 12.7. The first-order valence-electron chi connectivity index (χ1n) is 22.8. The lowest BCUT2D eigenvalue weighted by molar-refractivity contribution is -0.870. The first-order valence-corrected chi connectivity index (χ1v) is 22.8. The fourth-order valence-corrected chi connectivity index (χ4v) is 6.08.